The Kier molecular flexibility index (Phi) is 23.8. The molecule has 7 nitrogen and oxygen atoms in total. The average molecular weight is 282 g/mol. The third-order valence-electron chi connectivity index (χ3n) is 1.37. The molecule has 0 fully saturated rings. The Bertz CT molecular complexity index is 357. The Balaban J connectivity index is -0.000000113. The molecule has 1 N–H and O–H groups in total. The first-order chi connectivity index (χ1) is 6.11. The zero-order chi connectivity index (χ0) is 9.84. The molecule has 0 saturated carbocycles. The van der Waals surface area contributed by atoms with Gasteiger partial charge >= 0.3 is 46.7 Å². The summed E-state index contributed by atoms with van der Waals surface area (Å²) < 4.78 is 4.69. The molecule has 92 valence electrons. The number of carboxylic acid groups (broad SMARTS) is 1. The summed E-state index contributed by atoms with van der Waals surface area (Å²) in [5.41, 5.74) is -0.0160. The van der Waals surface area contributed by atoms with Gasteiger partial charge in [0.15, 0.2) is 0 Å². The number of hydrogen-bond donors (Lipinski definition) is 1. The number of aromatic carboxylic acids is 1. The van der Waals surface area contributed by atoms with Gasteiger partial charge in [-0.05, 0) is 12.1 Å². The van der Waals surface area contributed by atoms with Gasteiger partial charge in [0.05, 0.1) is 0 Å². The Morgan fingerprint density at radius 3 is 1.89 bits per heavy atom. The second-order valence-electron chi connectivity index (χ2n) is 2.39. The van der Waals surface area contributed by atoms with E-state index in [9.17, 15) is 9.59 Å². The maximum absolute atomic E-state index is 10.6. The minimum atomic E-state index is -1.11. The SMILES string of the molecule is CC(=O)Oc1ccccc1C(=O)O.[Al+3].[Al+3].[O-2].[O-2].[O-2]. The number of benzene rings is 1. The maximum atomic E-state index is 10.6. The molecule has 18 heavy (non-hydrogen) atoms. The molecule has 0 aliphatic heterocycles. The van der Waals surface area contributed by atoms with Gasteiger partial charge < -0.3 is 26.3 Å². The molecule has 0 unspecified atom stereocenters. The predicted molar refractivity (Wildman–Crippen MR) is 58.3 cm³/mol. The van der Waals surface area contributed by atoms with Crippen LogP contribution in [0.2, 0.25) is 0 Å². The van der Waals surface area contributed by atoms with Crippen molar-refractivity contribution in [1.29, 1.82) is 0 Å². The molecule has 0 aromatic heterocycles. The summed E-state index contributed by atoms with van der Waals surface area (Å²) in [6.07, 6.45) is 0. The normalized spacial score (nSPS) is 6.72. The summed E-state index contributed by atoms with van der Waals surface area (Å²) in [7, 11) is 0. The largest absolute Gasteiger partial charge is 3.00 e. The third kappa shape index (κ3) is 9.17. The van der Waals surface area contributed by atoms with E-state index in [1.54, 1.807) is 12.1 Å². The molecule has 9 heteroatoms. The zero-order valence-corrected chi connectivity index (χ0v) is 11.7. The number of ether oxygens (including phenoxy) is 1. The quantitative estimate of drug-likeness (QED) is 0.468. The summed E-state index contributed by atoms with van der Waals surface area (Å²) >= 11 is 0. The smallest absolute Gasteiger partial charge is 2.00 e. The molecule has 1 rings (SSSR count). The van der Waals surface area contributed by atoms with Crippen LogP contribution in [0.3, 0.4) is 0 Å². The van der Waals surface area contributed by atoms with E-state index in [0.29, 0.717) is 0 Å². The van der Waals surface area contributed by atoms with Crippen molar-refractivity contribution in [2.75, 3.05) is 0 Å². The fraction of sp³-hybridized carbons (Fsp3) is 0.111. The molecule has 1 aromatic carbocycles. The fourth-order valence-electron chi connectivity index (χ4n) is 0.887. The van der Waals surface area contributed by atoms with Crippen molar-refractivity contribution >= 4 is 46.7 Å². The van der Waals surface area contributed by atoms with Crippen LogP contribution in [0, 0.1) is 0 Å². The Hall–Kier alpha value is -0.895. The first-order valence-electron chi connectivity index (χ1n) is 3.62. The number of carboxylic acids is 1. The third-order valence-corrected chi connectivity index (χ3v) is 1.37. The van der Waals surface area contributed by atoms with Gasteiger partial charge in [-0.25, -0.2) is 4.79 Å². The van der Waals surface area contributed by atoms with Gasteiger partial charge in [0.2, 0.25) is 0 Å². The summed E-state index contributed by atoms with van der Waals surface area (Å²) in [4.78, 5) is 21.2. The van der Waals surface area contributed by atoms with Crippen LogP contribution in [0.15, 0.2) is 24.3 Å². The summed E-state index contributed by atoms with van der Waals surface area (Å²) in [5.74, 6) is -1.58. The second kappa shape index (κ2) is 14.2. The van der Waals surface area contributed by atoms with E-state index in [2.05, 4.69) is 4.74 Å². The molecule has 0 aliphatic rings. The zero-order valence-electron chi connectivity index (χ0n) is 9.36. The molecular formula is C9H8Al2O7. The van der Waals surface area contributed by atoms with E-state index in [4.69, 9.17) is 5.11 Å². The second-order valence-corrected chi connectivity index (χ2v) is 2.39. The molecule has 0 atom stereocenters. The van der Waals surface area contributed by atoms with Gasteiger partial charge in [0.1, 0.15) is 11.3 Å². The average Bonchev–Trinajstić information content (AvgIpc) is 2.03. The van der Waals surface area contributed by atoms with Gasteiger partial charge in [-0.15, -0.1) is 0 Å². The van der Waals surface area contributed by atoms with Crippen molar-refractivity contribution < 1.29 is 35.9 Å². The van der Waals surface area contributed by atoms with Crippen molar-refractivity contribution in [3.63, 3.8) is 0 Å². The number of rotatable bonds is 2. The van der Waals surface area contributed by atoms with E-state index < -0.39 is 11.9 Å². The van der Waals surface area contributed by atoms with Crippen LogP contribution < -0.4 is 4.74 Å². The van der Waals surface area contributed by atoms with Crippen LogP contribution in [0.5, 0.6) is 5.75 Å². The number of para-hydroxylation sites is 1. The Morgan fingerprint density at radius 2 is 1.50 bits per heavy atom. The van der Waals surface area contributed by atoms with Gasteiger partial charge in [0.25, 0.3) is 0 Å². The minimum Gasteiger partial charge on any atom is -2.00 e. The van der Waals surface area contributed by atoms with Gasteiger partial charge in [-0.1, -0.05) is 12.1 Å². The van der Waals surface area contributed by atoms with Crippen LogP contribution in [0.1, 0.15) is 17.3 Å². The topological polar surface area (TPSA) is 149 Å². The monoisotopic (exact) mass is 282 g/mol. The van der Waals surface area contributed by atoms with Crippen LogP contribution in [-0.2, 0) is 21.2 Å². The minimum absolute atomic E-state index is 0. The van der Waals surface area contributed by atoms with Crippen LogP contribution in [0.25, 0.3) is 0 Å². The molecule has 0 amide bonds. The first-order valence-corrected chi connectivity index (χ1v) is 3.62. The van der Waals surface area contributed by atoms with Gasteiger partial charge in [-0.3, -0.25) is 4.79 Å². The van der Waals surface area contributed by atoms with E-state index in [1.807, 2.05) is 0 Å². The van der Waals surface area contributed by atoms with Crippen molar-refractivity contribution in [2.45, 2.75) is 6.92 Å². The van der Waals surface area contributed by atoms with E-state index in [-0.39, 0.29) is 62.5 Å². The maximum Gasteiger partial charge on any atom is 3.00 e. The molecule has 0 heterocycles. The molecule has 0 aliphatic carbocycles. The molecule has 0 spiro atoms. The molecule has 0 saturated heterocycles. The Morgan fingerprint density at radius 1 is 1.06 bits per heavy atom. The molecule has 0 radical (unpaired) electrons. The van der Waals surface area contributed by atoms with Crippen LogP contribution in [0.4, 0.5) is 0 Å². The van der Waals surface area contributed by atoms with Crippen molar-refractivity contribution in [3.8, 4) is 5.75 Å². The molecular weight excluding hydrogens is 274 g/mol. The van der Waals surface area contributed by atoms with Crippen molar-refractivity contribution in [1.82, 2.24) is 0 Å². The van der Waals surface area contributed by atoms with Gasteiger partial charge in [-0.2, -0.15) is 0 Å². The first kappa shape index (κ1) is 30.3. The van der Waals surface area contributed by atoms with E-state index in [1.165, 1.54) is 19.1 Å². The molecule has 0 bridgehead atoms. The van der Waals surface area contributed by atoms with E-state index in [0.717, 1.165) is 0 Å². The number of hydrogen-bond acceptors (Lipinski definition) is 3. The van der Waals surface area contributed by atoms with Crippen LogP contribution in [-0.4, -0.2) is 51.8 Å². The molecule has 1 aromatic rings. The summed E-state index contributed by atoms with van der Waals surface area (Å²) in [6, 6.07) is 5.98. The van der Waals surface area contributed by atoms with Crippen molar-refractivity contribution in [2.24, 2.45) is 0 Å². The van der Waals surface area contributed by atoms with Crippen molar-refractivity contribution in [3.05, 3.63) is 29.8 Å². The standard InChI is InChI=1S/C9H8O4.2Al.3O/c1-6(10)13-8-5-3-2-4-7(8)9(11)12;;;;;/h2-5H,1H3,(H,11,12);;;;;/q;2*+3;3*-2. The fourth-order valence-corrected chi connectivity index (χ4v) is 0.887. The Labute approximate surface area is 125 Å². The number of carbonyl (C=O) groups is 2. The van der Waals surface area contributed by atoms with E-state index >= 15 is 0 Å². The summed E-state index contributed by atoms with van der Waals surface area (Å²) in [5, 5.41) is 8.69. The van der Waals surface area contributed by atoms with Crippen LogP contribution >= 0.6 is 0 Å². The van der Waals surface area contributed by atoms with Gasteiger partial charge in [0, 0.05) is 6.92 Å². The number of esters is 1. The predicted octanol–water partition coefficient (Wildman–Crippen LogP) is 0.192. The number of carbonyl (C=O) groups excluding carboxylic acids is 1. The summed E-state index contributed by atoms with van der Waals surface area (Å²) in [6.45, 7) is 1.22.